The number of ether oxygens (including phenoxy) is 4. The number of aromatic nitrogens is 4. The van der Waals surface area contributed by atoms with Crippen LogP contribution in [0.1, 0.15) is 18.9 Å². The fourth-order valence-electron chi connectivity index (χ4n) is 4.15. The first-order chi connectivity index (χ1) is 13.4. The molecule has 27 heavy (non-hydrogen) atoms. The lowest BCUT2D eigenvalue weighted by atomic mass is 10.1. The summed E-state index contributed by atoms with van der Waals surface area (Å²) in [5.41, 5.74) is 0.883. The number of nitrogens with one attached hydrogen (secondary N) is 1. The van der Waals surface area contributed by atoms with Crippen LogP contribution < -0.4 is 14.8 Å². The summed E-state index contributed by atoms with van der Waals surface area (Å²) < 4.78 is 24.9. The first kappa shape index (κ1) is 15.8. The number of nitrogens with zero attached hydrogens (tertiary/aromatic N) is 4. The third-order valence-corrected chi connectivity index (χ3v) is 5.83. The molecule has 4 aliphatic rings. The standard InChI is InChI=1S/C18H21N5O4/c1-2-10(1)6-19-12-7-24-17-13(8-25-16(12)17)23-18(20-21-22-23)11-3-4-14-15(5-11)27-9-26-14/h3-5,10,12-13,16-17,19H,1-2,6-9H2/t12-,13-,16+,17+/m0/s1. The molecule has 6 rings (SSSR count). The van der Waals surface area contributed by atoms with Gasteiger partial charge in [-0.3, -0.25) is 0 Å². The molecule has 0 spiro atoms. The van der Waals surface area contributed by atoms with Crippen molar-refractivity contribution < 1.29 is 18.9 Å². The van der Waals surface area contributed by atoms with Crippen molar-refractivity contribution in [1.29, 1.82) is 0 Å². The predicted octanol–water partition coefficient (Wildman–Crippen LogP) is 0.776. The zero-order chi connectivity index (χ0) is 17.8. The summed E-state index contributed by atoms with van der Waals surface area (Å²) in [5, 5.41) is 16.0. The van der Waals surface area contributed by atoms with Gasteiger partial charge in [-0.05, 0) is 53.9 Å². The molecule has 1 N–H and O–H groups in total. The van der Waals surface area contributed by atoms with Gasteiger partial charge in [-0.15, -0.1) is 5.10 Å². The van der Waals surface area contributed by atoms with Gasteiger partial charge >= 0.3 is 0 Å². The van der Waals surface area contributed by atoms with Crippen LogP contribution in [0.15, 0.2) is 18.2 Å². The first-order valence-electron chi connectivity index (χ1n) is 9.51. The third kappa shape index (κ3) is 2.69. The van der Waals surface area contributed by atoms with Gasteiger partial charge in [0.05, 0.1) is 19.3 Å². The van der Waals surface area contributed by atoms with Crippen LogP contribution in [0.2, 0.25) is 0 Å². The van der Waals surface area contributed by atoms with Crippen molar-refractivity contribution in [3.8, 4) is 22.9 Å². The van der Waals surface area contributed by atoms with Crippen molar-refractivity contribution in [1.82, 2.24) is 25.5 Å². The van der Waals surface area contributed by atoms with Crippen LogP contribution >= 0.6 is 0 Å². The Morgan fingerprint density at radius 1 is 1.07 bits per heavy atom. The zero-order valence-electron chi connectivity index (χ0n) is 14.8. The van der Waals surface area contributed by atoms with Crippen LogP contribution in [-0.2, 0) is 9.47 Å². The Hall–Kier alpha value is -2.23. The summed E-state index contributed by atoms with van der Waals surface area (Å²) in [6, 6.07) is 5.93. The quantitative estimate of drug-likeness (QED) is 0.824. The van der Waals surface area contributed by atoms with E-state index in [0.29, 0.717) is 24.8 Å². The van der Waals surface area contributed by atoms with Crippen molar-refractivity contribution in [3.05, 3.63) is 18.2 Å². The molecule has 0 radical (unpaired) electrons. The van der Waals surface area contributed by atoms with Gasteiger partial charge in [-0.25, -0.2) is 4.68 Å². The smallest absolute Gasteiger partial charge is 0.231 e. The molecule has 4 atom stereocenters. The van der Waals surface area contributed by atoms with Gasteiger partial charge < -0.3 is 24.3 Å². The molecule has 0 bridgehead atoms. The molecule has 142 valence electrons. The van der Waals surface area contributed by atoms with E-state index in [1.54, 1.807) is 0 Å². The number of hydrogen-bond acceptors (Lipinski definition) is 8. The van der Waals surface area contributed by atoms with Crippen LogP contribution in [0.4, 0.5) is 0 Å². The van der Waals surface area contributed by atoms with Gasteiger partial charge in [-0.1, -0.05) is 0 Å². The lowest BCUT2D eigenvalue weighted by Crippen LogP contribution is -2.41. The van der Waals surface area contributed by atoms with E-state index in [0.717, 1.165) is 23.8 Å². The van der Waals surface area contributed by atoms with Gasteiger partial charge in [0.2, 0.25) is 6.79 Å². The summed E-state index contributed by atoms with van der Waals surface area (Å²) in [6.45, 7) is 2.51. The Bertz CT molecular complexity index is 854. The van der Waals surface area contributed by atoms with Gasteiger partial charge in [0.15, 0.2) is 17.3 Å². The number of tetrazole rings is 1. The molecule has 1 saturated carbocycles. The maximum atomic E-state index is 6.09. The SMILES string of the molecule is c1cc2c(cc1-c1nnnn1[C@H]1CO[C@H]3[C@@H]1OC[C@@H]3NCC1CC1)OCO2. The highest BCUT2D eigenvalue weighted by Gasteiger charge is 2.49. The molecule has 9 nitrogen and oxygen atoms in total. The highest BCUT2D eigenvalue weighted by atomic mass is 16.7. The highest BCUT2D eigenvalue weighted by Crippen LogP contribution is 2.39. The molecule has 3 aliphatic heterocycles. The summed E-state index contributed by atoms with van der Waals surface area (Å²) in [5.74, 6) is 2.97. The second-order valence-corrected chi connectivity index (χ2v) is 7.64. The summed E-state index contributed by atoms with van der Waals surface area (Å²) in [6.07, 6.45) is 2.67. The van der Waals surface area contributed by atoms with E-state index in [4.69, 9.17) is 18.9 Å². The Balaban J connectivity index is 1.24. The van der Waals surface area contributed by atoms with Crippen LogP contribution in [0, 0.1) is 5.92 Å². The summed E-state index contributed by atoms with van der Waals surface area (Å²) >= 11 is 0. The molecule has 3 fully saturated rings. The fraction of sp³-hybridized carbons (Fsp3) is 0.611. The topological polar surface area (TPSA) is 92.6 Å². The van der Waals surface area contributed by atoms with Crippen LogP contribution in [-0.4, -0.2) is 65.0 Å². The van der Waals surface area contributed by atoms with Gasteiger partial charge in [-0.2, -0.15) is 0 Å². The van der Waals surface area contributed by atoms with E-state index in [-0.39, 0.29) is 31.1 Å². The molecular weight excluding hydrogens is 350 g/mol. The minimum absolute atomic E-state index is 0.0434. The lowest BCUT2D eigenvalue weighted by Gasteiger charge is -2.18. The molecule has 9 heteroatoms. The molecule has 0 unspecified atom stereocenters. The molecule has 0 amide bonds. The van der Waals surface area contributed by atoms with Gasteiger partial charge in [0.25, 0.3) is 0 Å². The van der Waals surface area contributed by atoms with E-state index >= 15 is 0 Å². The predicted molar refractivity (Wildman–Crippen MR) is 92.4 cm³/mol. The maximum absolute atomic E-state index is 6.09. The second-order valence-electron chi connectivity index (χ2n) is 7.64. The Labute approximate surface area is 155 Å². The average molecular weight is 371 g/mol. The van der Waals surface area contributed by atoms with E-state index in [1.807, 2.05) is 22.9 Å². The number of benzene rings is 1. The van der Waals surface area contributed by atoms with Crippen LogP contribution in [0.25, 0.3) is 11.4 Å². The number of fused-ring (bicyclic) bond motifs is 2. The minimum Gasteiger partial charge on any atom is -0.454 e. The maximum Gasteiger partial charge on any atom is 0.231 e. The van der Waals surface area contributed by atoms with Gasteiger partial charge in [0.1, 0.15) is 18.2 Å². The lowest BCUT2D eigenvalue weighted by molar-refractivity contribution is 0.0621. The van der Waals surface area contributed by atoms with Crippen molar-refractivity contribution >= 4 is 0 Å². The van der Waals surface area contributed by atoms with Crippen LogP contribution in [0.3, 0.4) is 0 Å². The normalized spacial score (nSPS) is 31.4. The second kappa shape index (κ2) is 6.15. The van der Waals surface area contributed by atoms with Crippen LogP contribution in [0.5, 0.6) is 11.5 Å². The van der Waals surface area contributed by atoms with E-state index < -0.39 is 0 Å². The van der Waals surface area contributed by atoms with E-state index in [2.05, 4.69) is 20.8 Å². The highest BCUT2D eigenvalue weighted by molar-refractivity contribution is 5.61. The van der Waals surface area contributed by atoms with Gasteiger partial charge in [0, 0.05) is 5.56 Å². The monoisotopic (exact) mass is 371 g/mol. The van der Waals surface area contributed by atoms with Crippen molar-refractivity contribution in [2.24, 2.45) is 5.92 Å². The number of hydrogen-bond donors (Lipinski definition) is 1. The van der Waals surface area contributed by atoms with Crippen molar-refractivity contribution in [2.45, 2.75) is 37.1 Å². The molecule has 1 aromatic carbocycles. The van der Waals surface area contributed by atoms with Crippen molar-refractivity contribution in [3.63, 3.8) is 0 Å². The summed E-state index contributed by atoms with van der Waals surface area (Å²) in [4.78, 5) is 0. The fourth-order valence-corrected chi connectivity index (χ4v) is 4.15. The molecule has 2 saturated heterocycles. The minimum atomic E-state index is -0.0436. The Kier molecular flexibility index (Phi) is 3.60. The number of rotatable bonds is 5. The Morgan fingerprint density at radius 3 is 2.89 bits per heavy atom. The van der Waals surface area contributed by atoms with Crippen molar-refractivity contribution in [2.75, 3.05) is 26.6 Å². The molecular formula is C18H21N5O4. The van der Waals surface area contributed by atoms with E-state index in [9.17, 15) is 0 Å². The molecule has 2 aromatic rings. The zero-order valence-corrected chi connectivity index (χ0v) is 14.8. The summed E-state index contributed by atoms with van der Waals surface area (Å²) in [7, 11) is 0. The first-order valence-corrected chi connectivity index (χ1v) is 9.51. The molecule has 4 heterocycles. The molecule has 1 aromatic heterocycles. The molecule has 1 aliphatic carbocycles. The third-order valence-electron chi connectivity index (χ3n) is 5.83. The van der Waals surface area contributed by atoms with E-state index in [1.165, 1.54) is 12.8 Å². The largest absolute Gasteiger partial charge is 0.454 e. The average Bonchev–Trinajstić information content (AvgIpc) is 3.11. The Morgan fingerprint density at radius 2 is 1.96 bits per heavy atom.